The third-order valence-electron chi connectivity index (χ3n) is 3.24. The predicted octanol–water partition coefficient (Wildman–Crippen LogP) is 1.93. The minimum absolute atomic E-state index is 0.0403. The highest BCUT2D eigenvalue weighted by molar-refractivity contribution is 5.92. The van der Waals surface area contributed by atoms with Crippen LogP contribution in [0.5, 0.6) is 0 Å². The number of carbonyl (C=O) groups excluding carboxylic acids is 1. The normalized spacial score (nSPS) is 17.4. The Morgan fingerprint density at radius 2 is 2.18 bits per heavy atom. The highest BCUT2D eigenvalue weighted by Gasteiger charge is 2.28. The number of hydrogen-bond acceptors (Lipinski definition) is 2. The van der Waals surface area contributed by atoms with Gasteiger partial charge in [0.25, 0.3) is 0 Å². The van der Waals surface area contributed by atoms with Crippen molar-refractivity contribution in [2.45, 2.75) is 13.8 Å². The monoisotopic (exact) mass is 236 g/mol. The number of rotatable bonds is 3. The lowest BCUT2D eigenvalue weighted by molar-refractivity contribution is -0.121. The molecule has 1 heterocycles. The summed E-state index contributed by atoms with van der Waals surface area (Å²) in [6, 6.07) is 4.55. The Morgan fingerprint density at radius 1 is 1.47 bits per heavy atom. The van der Waals surface area contributed by atoms with Gasteiger partial charge in [-0.2, -0.15) is 0 Å². The lowest BCUT2D eigenvalue weighted by atomic mass is 9.88. The zero-order valence-corrected chi connectivity index (χ0v) is 10.1. The van der Waals surface area contributed by atoms with Crippen molar-refractivity contribution in [1.29, 1.82) is 0 Å². The maximum absolute atomic E-state index is 13.2. The van der Waals surface area contributed by atoms with Gasteiger partial charge in [-0.1, -0.05) is 6.92 Å². The summed E-state index contributed by atoms with van der Waals surface area (Å²) < 4.78 is 13.2. The molecule has 1 aliphatic heterocycles. The Bertz CT molecular complexity index is 409. The fraction of sp³-hybridized carbons (Fsp3) is 0.462. The minimum atomic E-state index is -0.321. The molecule has 1 atom stereocenters. The molecule has 0 bridgehead atoms. The molecule has 0 aromatic heterocycles. The molecular weight excluding hydrogens is 219 g/mol. The molecule has 1 unspecified atom stereocenters. The van der Waals surface area contributed by atoms with Crippen molar-refractivity contribution >= 4 is 11.6 Å². The van der Waals surface area contributed by atoms with Crippen molar-refractivity contribution in [3.63, 3.8) is 0 Å². The summed E-state index contributed by atoms with van der Waals surface area (Å²) in [6.45, 7) is 5.48. The van der Waals surface area contributed by atoms with Crippen LogP contribution in [0.2, 0.25) is 0 Å². The molecule has 0 spiro atoms. The van der Waals surface area contributed by atoms with Crippen LogP contribution in [0.4, 0.5) is 10.1 Å². The van der Waals surface area contributed by atoms with E-state index in [4.69, 9.17) is 0 Å². The van der Waals surface area contributed by atoms with Gasteiger partial charge in [0.1, 0.15) is 5.82 Å². The second-order valence-corrected chi connectivity index (χ2v) is 4.71. The van der Waals surface area contributed by atoms with Crippen molar-refractivity contribution in [1.82, 2.24) is 5.32 Å². The van der Waals surface area contributed by atoms with Crippen LogP contribution < -0.4 is 10.6 Å². The third-order valence-corrected chi connectivity index (χ3v) is 3.24. The van der Waals surface area contributed by atoms with Crippen molar-refractivity contribution in [3.05, 3.63) is 29.6 Å². The molecule has 2 N–H and O–H groups in total. The lowest BCUT2D eigenvalue weighted by Crippen LogP contribution is -2.48. The summed E-state index contributed by atoms with van der Waals surface area (Å²) in [6.07, 6.45) is 0. The second-order valence-electron chi connectivity index (χ2n) is 4.71. The van der Waals surface area contributed by atoms with E-state index in [1.54, 1.807) is 13.0 Å². The molecule has 0 radical (unpaired) electrons. The molecule has 2 rings (SSSR count). The predicted molar refractivity (Wildman–Crippen MR) is 65.3 cm³/mol. The molecule has 0 aliphatic carbocycles. The van der Waals surface area contributed by atoms with Crippen molar-refractivity contribution < 1.29 is 9.18 Å². The van der Waals surface area contributed by atoms with Crippen LogP contribution in [-0.2, 0) is 4.79 Å². The Morgan fingerprint density at radius 3 is 2.71 bits per heavy atom. The maximum Gasteiger partial charge on any atom is 0.227 e. The van der Waals surface area contributed by atoms with E-state index in [0.29, 0.717) is 11.6 Å². The van der Waals surface area contributed by atoms with Crippen LogP contribution in [0.3, 0.4) is 0 Å². The molecule has 1 aromatic rings. The summed E-state index contributed by atoms with van der Waals surface area (Å²) in [5, 5.41) is 5.90. The number of amides is 1. The first kappa shape index (κ1) is 12.0. The Balaban J connectivity index is 2.01. The first-order chi connectivity index (χ1) is 8.06. The zero-order chi connectivity index (χ0) is 12.4. The van der Waals surface area contributed by atoms with E-state index < -0.39 is 0 Å². The quantitative estimate of drug-likeness (QED) is 0.842. The van der Waals surface area contributed by atoms with Crippen LogP contribution >= 0.6 is 0 Å². The van der Waals surface area contributed by atoms with Gasteiger partial charge in [-0.15, -0.1) is 0 Å². The molecule has 0 saturated carbocycles. The van der Waals surface area contributed by atoms with Gasteiger partial charge in [0.05, 0.1) is 0 Å². The van der Waals surface area contributed by atoms with Gasteiger partial charge in [0.2, 0.25) is 5.91 Å². The van der Waals surface area contributed by atoms with E-state index in [1.165, 1.54) is 12.1 Å². The lowest BCUT2D eigenvalue weighted by Gasteiger charge is -2.31. The average Bonchev–Trinajstić information content (AvgIpc) is 2.12. The highest BCUT2D eigenvalue weighted by atomic mass is 19.1. The standard InChI is InChI=1S/C13H17FN2O/c1-8-3-11(14)5-12(4-8)16-13(17)9(2)10-6-15-7-10/h3-5,9-10,15H,6-7H2,1-2H3,(H,16,17). The Kier molecular flexibility index (Phi) is 3.43. The van der Waals surface area contributed by atoms with Gasteiger partial charge in [0, 0.05) is 11.6 Å². The molecule has 1 amide bonds. The second kappa shape index (κ2) is 4.84. The molecule has 4 heteroatoms. The van der Waals surface area contributed by atoms with Gasteiger partial charge < -0.3 is 10.6 Å². The number of benzene rings is 1. The smallest absolute Gasteiger partial charge is 0.227 e. The first-order valence-electron chi connectivity index (χ1n) is 5.85. The van der Waals surface area contributed by atoms with Crippen molar-refractivity contribution in [3.8, 4) is 0 Å². The Hall–Kier alpha value is -1.42. The largest absolute Gasteiger partial charge is 0.326 e. The zero-order valence-electron chi connectivity index (χ0n) is 10.1. The summed E-state index contributed by atoms with van der Waals surface area (Å²) in [4.78, 5) is 11.9. The molecule has 92 valence electrons. The van der Waals surface area contributed by atoms with Crippen LogP contribution in [-0.4, -0.2) is 19.0 Å². The summed E-state index contributed by atoms with van der Waals surface area (Å²) in [7, 11) is 0. The molecule has 1 aliphatic rings. The number of halogens is 1. The number of nitrogens with one attached hydrogen (secondary N) is 2. The number of anilines is 1. The molecule has 17 heavy (non-hydrogen) atoms. The summed E-state index contributed by atoms with van der Waals surface area (Å²) in [5.41, 5.74) is 1.34. The maximum atomic E-state index is 13.2. The van der Waals surface area contributed by atoms with Crippen molar-refractivity contribution in [2.75, 3.05) is 18.4 Å². The summed E-state index contributed by atoms with van der Waals surface area (Å²) >= 11 is 0. The number of aryl methyl sites for hydroxylation is 1. The molecule has 1 aromatic carbocycles. The van der Waals surface area contributed by atoms with E-state index >= 15 is 0 Å². The SMILES string of the molecule is Cc1cc(F)cc(NC(=O)C(C)C2CNC2)c1. The first-order valence-corrected chi connectivity index (χ1v) is 5.85. The van der Waals surface area contributed by atoms with Gasteiger partial charge in [-0.25, -0.2) is 4.39 Å². The van der Waals surface area contributed by atoms with Gasteiger partial charge in [-0.3, -0.25) is 4.79 Å². The highest BCUT2D eigenvalue weighted by Crippen LogP contribution is 2.19. The van der Waals surface area contributed by atoms with Crippen LogP contribution in [0.1, 0.15) is 12.5 Å². The van der Waals surface area contributed by atoms with Gasteiger partial charge >= 0.3 is 0 Å². The van der Waals surface area contributed by atoms with Crippen LogP contribution in [0.25, 0.3) is 0 Å². The van der Waals surface area contributed by atoms with E-state index in [0.717, 1.165) is 18.7 Å². The number of carbonyl (C=O) groups is 1. The topological polar surface area (TPSA) is 41.1 Å². The van der Waals surface area contributed by atoms with Crippen molar-refractivity contribution in [2.24, 2.45) is 11.8 Å². The van der Waals surface area contributed by atoms with Gasteiger partial charge in [0.15, 0.2) is 0 Å². The Labute approximate surface area is 100 Å². The van der Waals surface area contributed by atoms with Crippen LogP contribution in [0, 0.1) is 24.6 Å². The van der Waals surface area contributed by atoms with E-state index in [9.17, 15) is 9.18 Å². The summed E-state index contributed by atoms with van der Waals surface area (Å²) in [5.74, 6) is -0.00996. The third kappa shape index (κ3) is 2.82. The number of hydrogen-bond donors (Lipinski definition) is 2. The molecule has 3 nitrogen and oxygen atoms in total. The molecule has 1 fully saturated rings. The fourth-order valence-electron chi connectivity index (χ4n) is 1.94. The molecular formula is C13H17FN2O. The molecule has 1 saturated heterocycles. The van der Waals surface area contributed by atoms with Gasteiger partial charge in [-0.05, 0) is 49.7 Å². The van der Waals surface area contributed by atoms with E-state index in [2.05, 4.69) is 10.6 Å². The fourth-order valence-corrected chi connectivity index (χ4v) is 1.94. The minimum Gasteiger partial charge on any atom is -0.326 e. The average molecular weight is 236 g/mol. The van der Waals surface area contributed by atoms with Crippen LogP contribution in [0.15, 0.2) is 18.2 Å². The van der Waals surface area contributed by atoms with E-state index in [1.807, 2.05) is 6.92 Å². The van der Waals surface area contributed by atoms with E-state index in [-0.39, 0.29) is 17.6 Å².